The van der Waals surface area contributed by atoms with Crippen molar-refractivity contribution >= 4 is 46.3 Å². The Bertz CT molecular complexity index is 1230. The zero-order valence-electron chi connectivity index (χ0n) is 19.1. The Morgan fingerprint density at radius 2 is 1.82 bits per heavy atom. The minimum atomic E-state index is -1.11. The van der Waals surface area contributed by atoms with Crippen molar-refractivity contribution in [1.82, 2.24) is 4.98 Å². The van der Waals surface area contributed by atoms with E-state index < -0.39 is 24.0 Å². The number of ether oxygens (including phenoxy) is 1. The molecule has 2 aromatic carbocycles. The van der Waals surface area contributed by atoms with Gasteiger partial charge in [-0.3, -0.25) is 19.3 Å². The van der Waals surface area contributed by atoms with Crippen molar-refractivity contribution in [3.63, 3.8) is 0 Å². The van der Waals surface area contributed by atoms with Crippen LogP contribution in [0.15, 0.2) is 52.9 Å². The Morgan fingerprint density at radius 3 is 2.59 bits per heavy atom. The summed E-state index contributed by atoms with van der Waals surface area (Å²) < 4.78 is 11.2. The van der Waals surface area contributed by atoms with E-state index in [1.807, 2.05) is 29.2 Å². The van der Waals surface area contributed by atoms with Gasteiger partial charge in [-0.2, -0.15) is 4.98 Å². The van der Waals surface area contributed by atoms with Crippen LogP contribution < -0.4 is 15.1 Å². The number of esters is 1. The summed E-state index contributed by atoms with van der Waals surface area (Å²) in [6, 6.07) is 15.2. The smallest absolute Gasteiger partial charge is 0.309 e. The summed E-state index contributed by atoms with van der Waals surface area (Å²) >= 11 is 0. The van der Waals surface area contributed by atoms with E-state index in [2.05, 4.69) is 10.3 Å². The zero-order chi connectivity index (χ0) is 23.9. The van der Waals surface area contributed by atoms with Crippen LogP contribution in [0.4, 0.5) is 17.4 Å². The predicted octanol–water partition coefficient (Wildman–Crippen LogP) is 3.35. The molecule has 1 N–H and O–H groups in total. The van der Waals surface area contributed by atoms with Gasteiger partial charge < -0.3 is 19.4 Å². The van der Waals surface area contributed by atoms with Gasteiger partial charge in [-0.05, 0) is 51.0 Å². The Morgan fingerprint density at radius 1 is 1.12 bits per heavy atom. The number of para-hydroxylation sites is 4. The summed E-state index contributed by atoms with van der Waals surface area (Å²) in [5, 5.41) is 2.82. The molecular weight excluding hydrogens is 436 g/mol. The fourth-order valence-electron chi connectivity index (χ4n) is 4.52. The van der Waals surface area contributed by atoms with E-state index in [1.54, 1.807) is 38.1 Å². The standard InChI is InChI=1S/C25H26N4O5/c1-25(2)23(32)26-17-7-3-5-9-19(17)29(25)21(30)15-33-22(31)16-11-13-28(14-12-16)24-27-18-8-4-6-10-20(18)34-24/h3-10,16H,11-15H2,1-2H3,(H,26,32). The monoisotopic (exact) mass is 462 g/mol. The quantitative estimate of drug-likeness (QED) is 0.593. The van der Waals surface area contributed by atoms with Gasteiger partial charge >= 0.3 is 5.97 Å². The van der Waals surface area contributed by atoms with Gasteiger partial charge in [-0.15, -0.1) is 0 Å². The molecule has 1 aromatic heterocycles. The van der Waals surface area contributed by atoms with Gasteiger partial charge in [0.1, 0.15) is 11.1 Å². The number of amides is 2. The Balaban J connectivity index is 1.19. The predicted molar refractivity (Wildman–Crippen MR) is 127 cm³/mol. The summed E-state index contributed by atoms with van der Waals surface area (Å²) in [5.41, 5.74) is 1.56. The summed E-state index contributed by atoms with van der Waals surface area (Å²) in [5.74, 6) is -1.45. The van der Waals surface area contributed by atoms with E-state index in [9.17, 15) is 14.4 Å². The lowest BCUT2D eigenvalue weighted by Crippen LogP contribution is -2.59. The van der Waals surface area contributed by atoms with Gasteiger partial charge in [0.05, 0.1) is 17.3 Å². The second-order valence-electron chi connectivity index (χ2n) is 9.09. The molecule has 9 nitrogen and oxygen atoms in total. The van der Waals surface area contributed by atoms with Crippen LogP contribution in [0.1, 0.15) is 26.7 Å². The maximum atomic E-state index is 13.1. The maximum Gasteiger partial charge on any atom is 0.309 e. The van der Waals surface area contributed by atoms with Gasteiger partial charge in [0.25, 0.3) is 11.9 Å². The first-order chi connectivity index (χ1) is 16.3. The lowest BCUT2D eigenvalue weighted by molar-refractivity contribution is -0.153. The highest BCUT2D eigenvalue weighted by Gasteiger charge is 2.43. The molecule has 34 heavy (non-hydrogen) atoms. The normalized spacial score (nSPS) is 17.9. The molecule has 2 amide bonds. The third-order valence-corrected chi connectivity index (χ3v) is 6.48. The van der Waals surface area contributed by atoms with Gasteiger partial charge in [-0.1, -0.05) is 24.3 Å². The van der Waals surface area contributed by atoms with Crippen molar-refractivity contribution in [3.05, 3.63) is 48.5 Å². The van der Waals surface area contributed by atoms with E-state index in [-0.39, 0.29) is 11.8 Å². The van der Waals surface area contributed by atoms with E-state index >= 15 is 0 Å². The van der Waals surface area contributed by atoms with Crippen molar-refractivity contribution in [2.75, 3.05) is 34.8 Å². The van der Waals surface area contributed by atoms with Gasteiger partial charge in [0.2, 0.25) is 5.91 Å². The molecule has 0 spiro atoms. The van der Waals surface area contributed by atoms with E-state index in [1.165, 1.54) is 4.90 Å². The fraction of sp³-hybridized carbons (Fsp3) is 0.360. The molecule has 1 saturated heterocycles. The minimum Gasteiger partial charge on any atom is -0.455 e. The van der Waals surface area contributed by atoms with E-state index in [0.29, 0.717) is 43.3 Å². The lowest BCUT2D eigenvalue weighted by atomic mass is 9.96. The number of hydrogen-bond donors (Lipinski definition) is 1. The number of hydrogen-bond acceptors (Lipinski definition) is 7. The van der Waals surface area contributed by atoms with Crippen LogP contribution in [0.5, 0.6) is 0 Å². The summed E-state index contributed by atoms with van der Waals surface area (Å²) in [4.78, 5) is 46.3. The second-order valence-corrected chi connectivity index (χ2v) is 9.09. The van der Waals surface area contributed by atoms with Crippen molar-refractivity contribution in [1.29, 1.82) is 0 Å². The minimum absolute atomic E-state index is 0.294. The molecule has 1 fully saturated rings. The number of oxazole rings is 1. The molecule has 5 rings (SSSR count). The van der Waals surface area contributed by atoms with E-state index in [4.69, 9.17) is 9.15 Å². The number of nitrogens with one attached hydrogen (secondary N) is 1. The molecule has 0 atom stereocenters. The number of carbonyl (C=O) groups excluding carboxylic acids is 3. The Labute approximate surface area is 196 Å². The highest BCUT2D eigenvalue weighted by atomic mass is 16.5. The van der Waals surface area contributed by atoms with Gasteiger partial charge in [0, 0.05) is 13.1 Å². The topological polar surface area (TPSA) is 105 Å². The van der Waals surface area contributed by atoms with Crippen molar-refractivity contribution in [2.24, 2.45) is 5.92 Å². The largest absolute Gasteiger partial charge is 0.455 e. The zero-order valence-corrected chi connectivity index (χ0v) is 19.1. The Kier molecular flexibility index (Phi) is 5.47. The first-order valence-electron chi connectivity index (χ1n) is 11.4. The Hall–Kier alpha value is -3.88. The number of carbonyl (C=O) groups is 3. The highest BCUT2D eigenvalue weighted by Crippen LogP contribution is 2.36. The number of benzene rings is 2. The lowest BCUT2D eigenvalue weighted by Gasteiger charge is -2.41. The summed E-state index contributed by atoms with van der Waals surface area (Å²) in [6.07, 6.45) is 1.15. The van der Waals surface area contributed by atoms with Crippen LogP contribution in [-0.4, -0.2) is 48.0 Å². The first kappa shape index (κ1) is 21.9. The summed E-state index contributed by atoms with van der Waals surface area (Å²) in [7, 11) is 0. The number of fused-ring (bicyclic) bond motifs is 2. The molecule has 2 aliphatic heterocycles. The molecule has 3 aromatic rings. The molecule has 0 aliphatic carbocycles. The SMILES string of the molecule is CC1(C)C(=O)Nc2ccccc2N1C(=O)COC(=O)C1CCN(c2nc3ccccc3o2)CC1. The average molecular weight is 463 g/mol. The number of anilines is 3. The van der Waals surface area contributed by atoms with E-state index in [0.717, 1.165) is 11.1 Å². The molecule has 0 unspecified atom stereocenters. The summed E-state index contributed by atoms with van der Waals surface area (Å²) in [6.45, 7) is 4.12. The highest BCUT2D eigenvalue weighted by molar-refractivity contribution is 6.14. The first-order valence-corrected chi connectivity index (χ1v) is 11.4. The molecule has 176 valence electrons. The number of nitrogens with zero attached hydrogens (tertiary/aromatic N) is 3. The number of rotatable bonds is 4. The molecule has 2 aliphatic rings. The fourth-order valence-corrected chi connectivity index (χ4v) is 4.52. The van der Waals surface area contributed by atoms with Gasteiger partial charge in [-0.25, -0.2) is 0 Å². The molecular formula is C25H26N4O5. The van der Waals surface area contributed by atoms with Crippen LogP contribution in [-0.2, 0) is 19.1 Å². The number of piperidine rings is 1. The second kappa shape index (κ2) is 8.48. The maximum absolute atomic E-state index is 13.1. The van der Waals surface area contributed by atoms with Crippen molar-refractivity contribution < 1.29 is 23.5 Å². The molecule has 0 bridgehead atoms. The molecule has 0 saturated carbocycles. The molecule has 0 radical (unpaired) electrons. The van der Waals surface area contributed by atoms with Crippen LogP contribution in [0.25, 0.3) is 11.1 Å². The number of aromatic nitrogens is 1. The van der Waals surface area contributed by atoms with Crippen LogP contribution in [0.2, 0.25) is 0 Å². The third kappa shape index (κ3) is 3.87. The van der Waals surface area contributed by atoms with Crippen LogP contribution in [0.3, 0.4) is 0 Å². The van der Waals surface area contributed by atoms with Gasteiger partial charge in [0.15, 0.2) is 12.2 Å². The van der Waals surface area contributed by atoms with Crippen LogP contribution >= 0.6 is 0 Å². The van der Waals surface area contributed by atoms with Crippen LogP contribution in [0, 0.1) is 5.92 Å². The molecule has 9 heteroatoms. The average Bonchev–Trinajstić information content (AvgIpc) is 3.27. The van der Waals surface area contributed by atoms with Crippen molar-refractivity contribution in [3.8, 4) is 0 Å². The molecule has 3 heterocycles. The third-order valence-electron chi connectivity index (χ3n) is 6.48. The van der Waals surface area contributed by atoms with Crippen molar-refractivity contribution in [2.45, 2.75) is 32.2 Å².